The number of allylic oxidation sites excluding steroid dienone is 1. The third-order valence-electron chi connectivity index (χ3n) is 2.52. The molecule has 4 nitrogen and oxygen atoms in total. The van der Waals surface area contributed by atoms with Crippen LogP contribution in [0.25, 0.3) is 12.2 Å². The van der Waals surface area contributed by atoms with Crippen molar-refractivity contribution in [2.45, 2.75) is 13.5 Å². The van der Waals surface area contributed by atoms with Gasteiger partial charge in [0.25, 0.3) is 5.01 Å². The lowest BCUT2D eigenvalue weighted by atomic mass is 10.2. The Kier molecular flexibility index (Phi) is 3.97. The highest BCUT2D eigenvalue weighted by molar-refractivity contribution is 7.11. The molecule has 0 unspecified atom stereocenters. The van der Waals surface area contributed by atoms with Crippen molar-refractivity contribution in [2.75, 3.05) is 0 Å². The van der Waals surface area contributed by atoms with Crippen molar-refractivity contribution < 1.29 is 14.9 Å². The third-order valence-corrected chi connectivity index (χ3v) is 3.45. The summed E-state index contributed by atoms with van der Waals surface area (Å²) in [6, 6.07) is 4.86. The van der Waals surface area contributed by atoms with E-state index < -0.39 is 0 Å². The molecular formula is C14H15N2O2S+. The highest BCUT2D eigenvalue weighted by Crippen LogP contribution is 2.29. The van der Waals surface area contributed by atoms with Gasteiger partial charge >= 0.3 is 0 Å². The van der Waals surface area contributed by atoms with Crippen LogP contribution in [0.15, 0.2) is 30.9 Å². The van der Waals surface area contributed by atoms with E-state index in [0.717, 1.165) is 10.0 Å². The van der Waals surface area contributed by atoms with Crippen LogP contribution in [-0.4, -0.2) is 15.3 Å². The van der Waals surface area contributed by atoms with Gasteiger partial charge in [0.15, 0.2) is 23.1 Å². The molecule has 0 atom stereocenters. The fraction of sp³-hybridized carbons (Fsp3) is 0.143. The van der Waals surface area contributed by atoms with E-state index in [1.165, 1.54) is 6.07 Å². The van der Waals surface area contributed by atoms with Crippen LogP contribution in [-0.2, 0) is 6.54 Å². The number of benzene rings is 1. The summed E-state index contributed by atoms with van der Waals surface area (Å²) in [4.78, 5) is 0. The summed E-state index contributed by atoms with van der Waals surface area (Å²) in [7, 11) is 0. The minimum Gasteiger partial charge on any atom is -0.504 e. The van der Waals surface area contributed by atoms with Crippen molar-refractivity contribution in [1.82, 2.24) is 5.10 Å². The van der Waals surface area contributed by atoms with Crippen molar-refractivity contribution in [1.29, 1.82) is 0 Å². The van der Waals surface area contributed by atoms with Crippen LogP contribution < -0.4 is 4.68 Å². The molecule has 98 valence electrons. The lowest BCUT2D eigenvalue weighted by molar-refractivity contribution is -0.741. The predicted molar refractivity (Wildman–Crippen MR) is 75.9 cm³/mol. The number of phenols is 2. The molecule has 1 aromatic heterocycles. The average Bonchev–Trinajstić information content (AvgIpc) is 2.72. The van der Waals surface area contributed by atoms with Crippen molar-refractivity contribution in [3.8, 4) is 11.5 Å². The number of nitrogens with zero attached hydrogens (tertiary/aromatic N) is 2. The maximum atomic E-state index is 9.72. The Bertz CT molecular complexity index is 632. The van der Waals surface area contributed by atoms with E-state index in [2.05, 4.69) is 11.7 Å². The molecule has 0 saturated carbocycles. The van der Waals surface area contributed by atoms with Crippen molar-refractivity contribution >= 4 is 23.5 Å². The zero-order valence-corrected chi connectivity index (χ0v) is 11.4. The molecule has 0 aliphatic carbocycles. The molecule has 2 rings (SSSR count). The van der Waals surface area contributed by atoms with Gasteiger partial charge in [-0.3, -0.25) is 0 Å². The smallest absolute Gasteiger partial charge is 0.289 e. The van der Waals surface area contributed by atoms with Gasteiger partial charge in [-0.2, -0.15) is 0 Å². The lowest BCUT2D eigenvalue weighted by Crippen LogP contribution is -2.37. The maximum absolute atomic E-state index is 9.72. The van der Waals surface area contributed by atoms with Crippen molar-refractivity contribution in [2.24, 2.45) is 0 Å². The second-order valence-corrected chi connectivity index (χ2v) is 5.19. The van der Waals surface area contributed by atoms with Crippen LogP contribution >= 0.6 is 11.3 Å². The zero-order valence-electron chi connectivity index (χ0n) is 10.6. The van der Waals surface area contributed by atoms with E-state index in [0.29, 0.717) is 12.1 Å². The Balaban J connectivity index is 2.32. The standard InChI is InChI=1S/C14H14N2O2S/c1-3-9-16-13(19-10(2)15-16)8-7-11-5-4-6-12(17)14(11)18/h3-8,17H,1,9H2,2H3/p+1. The Labute approximate surface area is 115 Å². The Hall–Kier alpha value is -2.14. The van der Waals surface area contributed by atoms with Gasteiger partial charge < -0.3 is 10.2 Å². The zero-order chi connectivity index (χ0) is 13.8. The predicted octanol–water partition coefficient (Wildman–Crippen LogP) is 2.51. The van der Waals surface area contributed by atoms with E-state index in [-0.39, 0.29) is 11.5 Å². The molecule has 1 aromatic carbocycles. The SMILES string of the molecule is C=CC[n+]1nc(C)sc1/C=C/c1cccc(O)c1O. The average molecular weight is 275 g/mol. The van der Waals surface area contributed by atoms with E-state index in [4.69, 9.17) is 0 Å². The van der Waals surface area contributed by atoms with Crippen molar-refractivity contribution in [3.05, 3.63) is 46.4 Å². The van der Waals surface area contributed by atoms with Gasteiger partial charge in [0, 0.05) is 16.7 Å². The molecule has 0 saturated heterocycles. The number of aromatic nitrogens is 2. The second kappa shape index (κ2) is 5.67. The van der Waals surface area contributed by atoms with Gasteiger partial charge in [-0.05, 0) is 36.5 Å². The summed E-state index contributed by atoms with van der Waals surface area (Å²) < 4.78 is 1.84. The van der Waals surface area contributed by atoms with Crippen LogP contribution in [0.3, 0.4) is 0 Å². The Morgan fingerprint density at radius 2 is 2.16 bits per heavy atom. The number of aryl methyl sites for hydroxylation is 1. The number of hydrogen-bond acceptors (Lipinski definition) is 4. The Morgan fingerprint density at radius 3 is 2.89 bits per heavy atom. The molecular weight excluding hydrogens is 260 g/mol. The maximum Gasteiger partial charge on any atom is 0.289 e. The first-order valence-electron chi connectivity index (χ1n) is 5.79. The molecule has 1 heterocycles. The van der Waals surface area contributed by atoms with Gasteiger partial charge in [0.05, 0.1) is 0 Å². The molecule has 0 amide bonds. The fourth-order valence-corrected chi connectivity index (χ4v) is 2.46. The molecule has 0 radical (unpaired) electrons. The van der Waals surface area contributed by atoms with Crippen LogP contribution in [0.5, 0.6) is 11.5 Å². The normalized spacial score (nSPS) is 11.0. The molecule has 0 aliphatic rings. The summed E-state index contributed by atoms with van der Waals surface area (Å²) in [6.45, 7) is 6.27. The van der Waals surface area contributed by atoms with Gasteiger partial charge in [-0.15, -0.1) is 0 Å². The topological polar surface area (TPSA) is 57.2 Å². The third kappa shape index (κ3) is 3.00. The molecule has 0 aliphatic heterocycles. The first-order valence-corrected chi connectivity index (χ1v) is 6.61. The Morgan fingerprint density at radius 1 is 1.37 bits per heavy atom. The monoisotopic (exact) mass is 275 g/mol. The summed E-state index contributed by atoms with van der Waals surface area (Å²) in [5.74, 6) is -0.239. The lowest BCUT2D eigenvalue weighted by Gasteiger charge is -1.99. The highest BCUT2D eigenvalue weighted by atomic mass is 32.1. The molecule has 19 heavy (non-hydrogen) atoms. The van der Waals surface area contributed by atoms with Crippen LogP contribution in [0.4, 0.5) is 0 Å². The van der Waals surface area contributed by atoms with Crippen LogP contribution in [0.2, 0.25) is 0 Å². The summed E-state index contributed by atoms with van der Waals surface area (Å²) in [5.41, 5.74) is 0.566. The molecule has 0 bridgehead atoms. The molecule has 5 heteroatoms. The summed E-state index contributed by atoms with van der Waals surface area (Å²) >= 11 is 1.56. The number of phenolic OH excluding ortho intramolecular Hbond substituents is 2. The van der Waals surface area contributed by atoms with Gasteiger partial charge in [0.1, 0.15) is 0 Å². The molecule has 2 aromatic rings. The second-order valence-electron chi connectivity index (χ2n) is 3.98. The first kappa shape index (κ1) is 13.3. The van der Waals surface area contributed by atoms with Gasteiger partial charge in [0.2, 0.25) is 0 Å². The number of para-hydroxylation sites is 1. The number of aromatic hydroxyl groups is 2. The summed E-state index contributed by atoms with van der Waals surface area (Å²) in [6.07, 6.45) is 5.40. The van der Waals surface area contributed by atoms with E-state index in [1.807, 2.05) is 17.7 Å². The quantitative estimate of drug-likeness (QED) is 0.512. The molecule has 2 N–H and O–H groups in total. The van der Waals surface area contributed by atoms with Gasteiger partial charge in [-0.25, -0.2) is 0 Å². The summed E-state index contributed by atoms with van der Waals surface area (Å²) in [5, 5.41) is 25.4. The van der Waals surface area contributed by atoms with Gasteiger partial charge in [-0.1, -0.05) is 23.4 Å². The first-order chi connectivity index (χ1) is 9.11. The minimum atomic E-state index is -0.124. The fourth-order valence-electron chi connectivity index (χ4n) is 1.66. The number of hydrogen-bond donors (Lipinski definition) is 2. The largest absolute Gasteiger partial charge is 0.504 e. The highest BCUT2D eigenvalue weighted by Gasteiger charge is 2.13. The molecule has 0 fully saturated rings. The van der Waals surface area contributed by atoms with Crippen molar-refractivity contribution in [3.63, 3.8) is 0 Å². The van der Waals surface area contributed by atoms with Crippen LogP contribution in [0.1, 0.15) is 15.6 Å². The van der Waals surface area contributed by atoms with Crippen LogP contribution in [0, 0.1) is 6.92 Å². The number of rotatable bonds is 4. The van der Waals surface area contributed by atoms with E-state index in [9.17, 15) is 10.2 Å². The van der Waals surface area contributed by atoms with E-state index in [1.54, 1.807) is 35.6 Å². The minimum absolute atomic E-state index is 0.116. The van der Waals surface area contributed by atoms with E-state index >= 15 is 0 Å². The molecule has 0 spiro atoms.